The molecule has 0 spiro atoms. The Hall–Kier alpha value is -2.18. The molecule has 2 aromatic rings. The van der Waals surface area contributed by atoms with E-state index < -0.39 is 0 Å². The Kier molecular flexibility index (Phi) is 2.95. The minimum absolute atomic E-state index is 0.159. The van der Waals surface area contributed by atoms with Gasteiger partial charge in [0.15, 0.2) is 12.1 Å². The highest BCUT2D eigenvalue weighted by Gasteiger charge is 2.03. The van der Waals surface area contributed by atoms with Gasteiger partial charge in [-0.2, -0.15) is 4.98 Å². The fourth-order valence-electron chi connectivity index (χ4n) is 1.21. The molecule has 0 radical (unpaired) electrons. The smallest absolute Gasteiger partial charge is 0.293 e. The van der Waals surface area contributed by atoms with Gasteiger partial charge < -0.3 is 14.4 Å². The highest BCUT2D eigenvalue weighted by Crippen LogP contribution is 1.95. The molecule has 0 aliphatic heterocycles. The molecule has 0 fully saturated rings. The minimum atomic E-state index is -0.159. The number of anilines is 1. The standard InChI is InChI=1S/C9H11N5O2/c1-14-5-4-11-8(9(14)15)10-3-2-7-12-6-13-16-7/h4-6H,2-3H2,1H3,(H,10,11). The van der Waals surface area contributed by atoms with Crippen molar-refractivity contribution in [3.63, 3.8) is 0 Å². The van der Waals surface area contributed by atoms with Crippen LogP contribution in [0.1, 0.15) is 5.89 Å². The predicted molar refractivity (Wildman–Crippen MR) is 56.0 cm³/mol. The third-order valence-corrected chi connectivity index (χ3v) is 2.06. The van der Waals surface area contributed by atoms with Crippen molar-refractivity contribution in [3.05, 3.63) is 35.0 Å². The molecule has 2 heterocycles. The highest BCUT2D eigenvalue weighted by atomic mass is 16.5. The van der Waals surface area contributed by atoms with Gasteiger partial charge in [-0.1, -0.05) is 5.16 Å². The van der Waals surface area contributed by atoms with Crippen LogP contribution in [0.25, 0.3) is 0 Å². The molecule has 0 atom stereocenters. The molecule has 0 amide bonds. The van der Waals surface area contributed by atoms with Gasteiger partial charge in [0.2, 0.25) is 5.89 Å². The van der Waals surface area contributed by atoms with Crippen LogP contribution in [-0.2, 0) is 13.5 Å². The quantitative estimate of drug-likeness (QED) is 0.770. The van der Waals surface area contributed by atoms with E-state index >= 15 is 0 Å². The number of nitrogens with zero attached hydrogens (tertiary/aromatic N) is 4. The third-order valence-electron chi connectivity index (χ3n) is 2.06. The second kappa shape index (κ2) is 4.56. The monoisotopic (exact) mass is 221 g/mol. The number of aromatic nitrogens is 4. The first-order chi connectivity index (χ1) is 7.77. The van der Waals surface area contributed by atoms with Crippen LogP contribution in [0.3, 0.4) is 0 Å². The molecule has 2 aromatic heterocycles. The Bertz CT molecular complexity index is 505. The van der Waals surface area contributed by atoms with Crippen molar-refractivity contribution in [1.29, 1.82) is 0 Å². The second-order valence-electron chi connectivity index (χ2n) is 3.20. The first-order valence-corrected chi connectivity index (χ1v) is 4.78. The number of hydrogen-bond acceptors (Lipinski definition) is 6. The van der Waals surface area contributed by atoms with E-state index in [0.29, 0.717) is 24.7 Å². The molecule has 7 nitrogen and oxygen atoms in total. The average molecular weight is 221 g/mol. The van der Waals surface area contributed by atoms with Crippen molar-refractivity contribution in [2.75, 3.05) is 11.9 Å². The van der Waals surface area contributed by atoms with Crippen LogP contribution in [0.5, 0.6) is 0 Å². The van der Waals surface area contributed by atoms with Gasteiger partial charge in [0.1, 0.15) is 0 Å². The van der Waals surface area contributed by atoms with E-state index in [0.717, 1.165) is 0 Å². The number of rotatable bonds is 4. The number of nitrogens with one attached hydrogen (secondary N) is 1. The maximum atomic E-state index is 11.5. The summed E-state index contributed by atoms with van der Waals surface area (Å²) in [7, 11) is 1.67. The first kappa shape index (κ1) is 10.3. The van der Waals surface area contributed by atoms with Crippen molar-refractivity contribution >= 4 is 5.82 Å². The predicted octanol–water partition coefficient (Wildman–Crippen LogP) is -0.182. The maximum absolute atomic E-state index is 11.5. The van der Waals surface area contributed by atoms with Crippen LogP contribution in [0, 0.1) is 0 Å². The largest absolute Gasteiger partial charge is 0.365 e. The van der Waals surface area contributed by atoms with Crippen molar-refractivity contribution in [3.8, 4) is 0 Å². The molecule has 2 rings (SSSR count). The normalized spacial score (nSPS) is 10.3. The van der Waals surface area contributed by atoms with E-state index in [2.05, 4.69) is 20.4 Å². The zero-order valence-electron chi connectivity index (χ0n) is 8.75. The summed E-state index contributed by atoms with van der Waals surface area (Å²) >= 11 is 0. The van der Waals surface area contributed by atoms with Crippen LogP contribution < -0.4 is 10.9 Å². The number of hydrogen-bond donors (Lipinski definition) is 1. The van der Waals surface area contributed by atoms with Gasteiger partial charge in [0.25, 0.3) is 5.56 Å². The zero-order valence-corrected chi connectivity index (χ0v) is 8.75. The van der Waals surface area contributed by atoms with E-state index in [4.69, 9.17) is 4.52 Å². The molecule has 7 heteroatoms. The lowest BCUT2D eigenvalue weighted by molar-refractivity contribution is 0.379. The molecule has 0 saturated heterocycles. The van der Waals surface area contributed by atoms with Crippen LogP contribution in [-0.4, -0.2) is 26.2 Å². The van der Waals surface area contributed by atoms with Gasteiger partial charge in [-0.05, 0) is 0 Å². The summed E-state index contributed by atoms with van der Waals surface area (Å²) < 4.78 is 6.28. The Labute approximate surface area is 91.1 Å². The fourth-order valence-corrected chi connectivity index (χ4v) is 1.21. The molecule has 0 unspecified atom stereocenters. The van der Waals surface area contributed by atoms with E-state index in [1.807, 2.05) is 0 Å². The summed E-state index contributed by atoms with van der Waals surface area (Å²) in [4.78, 5) is 19.4. The fraction of sp³-hybridized carbons (Fsp3) is 0.333. The summed E-state index contributed by atoms with van der Waals surface area (Å²) in [6.45, 7) is 0.522. The van der Waals surface area contributed by atoms with Crippen LogP contribution in [0.4, 0.5) is 5.82 Å². The van der Waals surface area contributed by atoms with Gasteiger partial charge >= 0.3 is 0 Å². The Morgan fingerprint density at radius 3 is 3.12 bits per heavy atom. The minimum Gasteiger partial charge on any atom is -0.365 e. The Balaban J connectivity index is 1.95. The summed E-state index contributed by atoms with van der Waals surface area (Å²) in [5, 5.41) is 6.40. The molecule has 0 saturated carbocycles. The van der Waals surface area contributed by atoms with Crippen molar-refractivity contribution in [2.45, 2.75) is 6.42 Å². The molecular weight excluding hydrogens is 210 g/mol. The molecule has 0 aliphatic rings. The topological polar surface area (TPSA) is 85.8 Å². The molecule has 1 N–H and O–H groups in total. The lowest BCUT2D eigenvalue weighted by Gasteiger charge is -2.03. The van der Waals surface area contributed by atoms with Gasteiger partial charge in [-0.15, -0.1) is 0 Å². The van der Waals surface area contributed by atoms with Gasteiger partial charge in [-0.3, -0.25) is 4.79 Å². The summed E-state index contributed by atoms with van der Waals surface area (Å²) in [5.74, 6) is 0.852. The summed E-state index contributed by atoms with van der Waals surface area (Å²) in [5.41, 5.74) is -0.159. The second-order valence-corrected chi connectivity index (χ2v) is 3.20. The number of aryl methyl sites for hydroxylation is 1. The summed E-state index contributed by atoms with van der Waals surface area (Å²) in [6, 6.07) is 0. The Morgan fingerprint density at radius 2 is 2.38 bits per heavy atom. The summed E-state index contributed by atoms with van der Waals surface area (Å²) in [6.07, 6.45) is 5.07. The average Bonchev–Trinajstić information content (AvgIpc) is 2.77. The van der Waals surface area contributed by atoms with Crippen molar-refractivity contribution in [2.24, 2.45) is 7.05 Å². The van der Waals surface area contributed by atoms with Gasteiger partial charge in [0.05, 0.1) is 0 Å². The SMILES string of the molecule is Cn1ccnc(NCCc2ncno2)c1=O. The third kappa shape index (κ3) is 2.25. The van der Waals surface area contributed by atoms with Crippen molar-refractivity contribution < 1.29 is 4.52 Å². The molecule has 0 aliphatic carbocycles. The molecular formula is C9H11N5O2. The van der Waals surface area contributed by atoms with E-state index in [1.54, 1.807) is 19.4 Å². The molecule has 0 bridgehead atoms. The Morgan fingerprint density at radius 1 is 1.50 bits per heavy atom. The van der Waals surface area contributed by atoms with E-state index in [-0.39, 0.29) is 5.56 Å². The van der Waals surface area contributed by atoms with Crippen LogP contribution in [0.15, 0.2) is 28.0 Å². The van der Waals surface area contributed by atoms with E-state index in [9.17, 15) is 4.79 Å². The van der Waals surface area contributed by atoms with Crippen LogP contribution >= 0.6 is 0 Å². The van der Waals surface area contributed by atoms with Crippen molar-refractivity contribution in [1.82, 2.24) is 19.7 Å². The lowest BCUT2D eigenvalue weighted by atomic mass is 10.4. The first-order valence-electron chi connectivity index (χ1n) is 4.78. The molecule has 16 heavy (non-hydrogen) atoms. The lowest BCUT2D eigenvalue weighted by Crippen LogP contribution is -2.22. The molecule has 84 valence electrons. The maximum Gasteiger partial charge on any atom is 0.293 e. The van der Waals surface area contributed by atoms with Crippen LogP contribution in [0.2, 0.25) is 0 Å². The highest BCUT2D eigenvalue weighted by molar-refractivity contribution is 5.30. The van der Waals surface area contributed by atoms with Gasteiger partial charge in [0, 0.05) is 32.4 Å². The molecule has 0 aromatic carbocycles. The van der Waals surface area contributed by atoms with E-state index in [1.165, 1.54) is 10.9 Å². The zero-order chi connectivity index (χ0) is 11.4. The van der Waals surface area contributed by atoms with Gasteiger partial charge in [-0.25, -0.2) is 4.98 Å².